The van der Waals surface area contributed by atoms with E-state index < -0.39 is 15.8 Å². The molecule has 0 unspecified atom stereocenters. The Balaban J connectivity index is 2.99. The Hall–Kier alpha value is -1.65. The zero-order valence-corrected chi connectivity index (χ0v) is 10.3. The number of halogens is 2. The van der Waals surface area contributed by atoms with Crippen LogP contribution < -0.4 is 4.72 Å². The van der Waals surface area contributed by atoms with Gasteiger partial charge < -0.3 is 5.11 Å². The van der Waals surface area contributed by atoms with Crippen LogP contribution in [0.1, 0.15) is 11.1 Å². The fourth-order valence-corrected chi connectivity index (χ4v) is 1.76. The van der Waals surface area contributed by atoms with Gasteiger partial charge in [-0.3, -0.25) is 4.72 Å². The van der Waals surface area contributed by atoms with Gasteiger partial charge >= 0.3 is 5.76 Å². The van der Waals surface area contributed by atoms with Crippen molar-refractivity contribution in [3.05, 3.63) is 29.3 Å². The standard InChI is InChI=1S/C11H11F2NO3S/c1-8-7-10(14-18(16,17)11(12)13)5-4-9(8)3-2-6-15/h4-5,7,11,14-15H,6H2,1H3. The highest BCUT2D eigenvalue weighted by molar-refractivity contribution is 7.93. The van der Waals surface area contributed by atoms with E-state index >= 15 is 0 Å². The van der Waals surface area contributed by atoms with Gasteiger partial charge in [-0.2, -0.15) is 8.78 Å². The van der Waals surface area contributed by atoms with Crippen molar-refractivity contribution in [1.29, 1.82) is 0 Å². The molecule has 1 aromatic rings. The van der Waals surface area contributed by atoms with Gasteiger partial charge in [0, 0.05) is 11.3 Å². The summed E-state index contributed by atoms with van der Waals surface area (Å²) in [6.07, 6.45) is 0. The zero-order valence-electron chi connectivity index (χ0n) is 9.44. The minimum absolute atomic E-state index is 0.0438. The van der Waals surface area contributed by atoms with Crippen LogP contribution in [-0.4, -0.2) is 25.9 Å². The van der Waals surface area contributed by atoms with Crippen LogP contribution in [0.15, 0.2) is 18.2 Å². The first-order valence-corrected chi connectivity index (χ1v) is 6.41. The molecule has 0 bridgehead atoms. The highest BCUT2D eigenvalue weighted by atomic mass is 32.2. The third kappa shape index (κ3) is 3.68. The molecule has 0 aliphatic heterocycles. The summed E-state index contributed by atoms with van der Waals surface area (Å²) in [6, 6.07) is 4.21. The number of aryl methyl sites for hydroxylation is 1. The fourth-order valence-electron chi connectivity index (χ4n) is 1.21. The Bertz CT molecular complexity index is 588. The Morgan fingerprint density at radius 1 is 1.44 bits per heavy atom. The van der Waals surface area contributed by atoms with E-state index in [1.807, 2.05) is 0 Å². The van der Waals surface area contributed by atoms with Crippen LogP contribution in [0.4, 0.5) is 14.5 Å². The van der Waals surface area contributed by atoms with Crippen molar-refractivity contribution in [2.45, 2.75) is 12.7 Å². The first kappa shape index (κ1) is 14.4. The van der Waals surface area contributed by atoms with E-state index in [0.717, 1.165) is 0 Å². The molecule has 0 saturated carbocycles. The van der Waals surface area contributed by atoms with Crippen molar-refractivity contribution in [2.75, 3.05) is 11.3 Å². The predicted octanol–water partition coefficient (Wildman–Crippen LogP) is 1.30. The number of alkyl halides is 2. The molecule has 0 aliphatic carbocycles. The highest BCUT2D eigenvalue weighted by Gasteiger charge is 2.23. The Kier molecular flexibility index (Phi) is 4.64. The van der Waals surface area contributed by atoms with Crippen molar-refractivity contribution >= 4 is 15.7 Å². The molecule has 18 heavy (non-hydrogen) atoms. The van der Waals surface area contributed by atoms with Gasteiger partial charge in [0.25, 0.3) is 10.0 Å². The summed E-state index contributed by atoms with van der Waals surface area (Å²) in [4.78, 5) is 0. The molecule has 0 heterocycles. The molecular weight excluding hydrogens is 264 g/mol. The average molecular weight is 275 g/mol. The number of benzene rings is 1. The molecule has 0 fully saturated rings. The largest absolute Gasteiger partial charge is 0.384 e. The van der Waals surface area contributed by atoms with E-state index in [9.17, 15) is 17.2 Å². The quantitative estimate of drug-likeness (QED) is 0.817. The zero-order chi connectivity index (χ0) is 13.8. The van der Waals surface area contributed by atoms with Gasteiger partial charge in [0.1, 0.15) is 6.61 Å². The molecule has 0 saturated heterocycles. The van der Waals surface area contributed by atoms with Gasteiger partial charge in [-0.15, -0.1) is 0 Å². The van der Waals surface area contributed by atoms with E-state index in [0.29, 0.717) is 11.1 Å². The topological polar surface area (TPSA) is 66.4 Å². The SMILES string of the molecule is Cc1cc(NS(=O)(=O)C(F)F)ccc1C#CCO. The summed E-state index contributed by atoms with van der Waals surface area (Å²) < 4.78 is 47.9. The number of aliphatic hydroxyl groups excluding tert-OH is 1. The third-order valence-corrected chi connectivity index (χ3v) is 3.01. The number of rotatable bonds is 3. The first-order chi connectivity index (χ1) is 8.36. The molecule has 0 amide bonds. The number of aliphatic hydroxyl groups is 1. The van der Waals surface area contributed by atoms with Crippen molar-refractivity contribution in [3.8, 4) is 11.8 Å². The van der Waals surface area contributed by atoms with Crippen LogP contribution in [0.2, 0.25) is 0 Å². The van der Waals surface area contributed by atoms with Crippen LogP contribution in [-0.2, 0) is 10.0 Å². The maximum absolute atomic E-state index is 12.1. The monoisotopic (exact) mass is 275 g/mol. The number of hydrogen-bond acceptors (Lipinski definition) is 3. The summed E-state index contributed by atoms with van der Waals surface area (Å²) in [5.74, 6) is 1.61. The van der Waals surface area contributed by atoms with E-state index in [4.69, 9.17) is 5.11 Å². The maximum atomic E-state index is 12.1. The highest BCUT2D eigenvalue weighted by Crippen LogP contribution is 2.17. The van der Waals surface area contributed by atoms with Gasteiger partial charge in [0.05, 0.1) is 0 Å². The molecule has 0 radical (unpaired) electrons. The lowest BCUT2D eigenvalue weighted by atomic mass is 10.1. The van der Waals surface area contributed by atoms with Crippen molar-refractivity contribution in [1.82, 2.24) is 0 Å². The van der Waals surface area contributed by atoms with Crippen LogP contribution in [0, 0.1) is 18.8 Å². The number of nitrogens with one attached hydrogen (secondary N) is 1. The van der Waals surface area contributed by atoms with Crippen LogP contribution in [0.3, 0.4) is 0 Å². The van der Waals surface area contributed by atoms with Crippen molar-refractivity contribution < 1.29 is 22.3 Å². The van der Waals surface area contributed by atoms with Gasteiger partial charge in [-0.25, -0.2) is 8.42 Å². The Labute approximate surface area is 104 Å². The number of hydrogen-bond donors (Lipinski definition) is 2. The molecule has 0 aromatic heterocycles. The lowest BCUT2D eigenvalue weighted by Crippen LogP contribution is -2.20. The average Bonchev–Trinajstić information content (AvgIpc) is 2.27. The minimum Gasteiger partial charge on any atom is -0.384 e. The smallest absolute Gasteiger partial charge is 0.355 e. The molecule has 0 atom stereocenters. The lowest BCUT2D eigenvalue weighted by molar-refractivity contribution is 0.236. The maximum Gasteiger partial charge on any atom is 0.355 e. The summed E-state index contributed by atoms with van der Waals surface area (Å²) >= 11 is 0. The molecule has 0 spiro atoms. The van der Waals surface area contributed by atoms with Gasteiger partial charge in [0.15, 0.2) is 0 Å². The van der Waals surface area contributed by atoms with E-state index in [2.05, 4.69) is 11.8 Å². The molecule has 0 aliphatic rings. The van der Waals surface area contributed by atoms with Crippen LogP contribution in [0.5, 0.6) is 0 Å². The summed E-state index contributed by atoms with van der Waals surface area (Å²) in [6.45, 7) is 1.36. The van der Waals surface area contributed by atoms with E-state index in [-0.39, 0.29) is 12.3 Å². The summed E-state index contributed by atoms with van der Waals surface area (Å²) in [7, 11) is -4.66. The first-order valence-electron chi connectivity index (χ1n) is 4.87. The Morgan fingerprint density at radius 2 is 2.11 bits per heavy atom. The van der Waals surface area contributed by atoms with Crippen molar-refractivity contribution in [3.63, 3.8) is 0 Å². The van der Waals surface area contributed by atoms with Gasteiger partial charge in [0.2, 0.25) is 0 Å². The molecule has 1 rings (SSSR count). The van der Waals surface area contributed by atoms with Gasteiger partial charge in [-0.05, 0) is 30.7 Å². The number of anilines is 1. The normalized spacial score (nSPS) is 10.9. The van der Waals surface area contributed by atoms with Crippen LogP contribution >= 0.6 is 0 Å². The fraction of sp³-hybridized carbons (Fsp3) is 0.273. The molecule has 4 nitrogen and oxygen atoms in total. The van der Waals surface area contributed by atoms with Crippen molar-refractivity contribution in [2.24, 2.45) is 0 Å². The second-order valence-corrected chi connectivity index (χ2v) is 5.05. The van der Waals surface area contributed by atoms with Crippen LogP contribution in [0.25, 0.3) is 0 Å². The van der Waals surface area contributed by atoms with E-state index in [1.54, 1.807) is 11.6 Å². The van der Waals surface area contributed by atoms with Gasteiger partial charge in [-0.1, -0.05) is 11.8 Å². The lowest BCUT2D eigenvalue weighted by Gasteiger charge is -2.08. The second-order valence-electron chi connectivity index (χ2n) is 3.40. The number of sulfonamides is 1. The minimum atomic E-state index is -4.66. The second kappa shape index (κ2) is 5.80. The molecule has 98 valence electrons. The molecular formula is C11H11F2NO3S. The van der Waals surface area contributed by atoms with E-state index in [1.165, 1.54) is 18.2 Å². The molecule has 2 N–H and O–H groups in total. The predicted molar refractivity (Wildman–Crippen MR) is 63.7 cm³/mol. The third-order valence-electron chi connectivity index (χ3n) is 2.02. The molecule has 1 aromatic carbocycles. The summed E-state index contributed by atoms with van der Waals surface area (Å²) in [5, 5.41) is 8.54. The summed E-state index contributed by atoms with van der Waals surface area (Å²) in [5.41, 5.74) is 1.25. The Morgan fingerprint density at radius 3 is 2.61 bits per heavy atom. The molecule has 7 heteroatoms.